The van der Waals surface area contributed by atoms with Crippen LogP contribution in [0.1, 0.15) is 10.6 Å². The number of hydrogen-bond acceptors (Lipinski definition) is 7. The predicted octanol–water partition coefficient (Wildman–Crippen LogP) is 3.40. The summed E-state index contributed by atoms with van der Waals surface area (Å²) >= 11 is 1.50. The fourth-order valence-electron chi connectivity index (χ4n) is 2.04. The lowest BCUT2D eigenvalue weighted by Gasteiger charge is -2.01. The van der Waals surface area contributed by atoms with Crippen molar-refractivity contribution in [2.24, 2.45) is 5.16 Å². The molecule has 3 rings (SSSR count). The summed E-state index contributed by atoms with van der Waals surface area (Å²) < 4.78 is 11.3. The minimum absolute atomic E-state index is 0.129. The van der Waals surface area contributed by atoms with Crippen molar-refractivity contribution in [1.82, 2.24) is 4.98 Å². The minimum Gasteiger partial charge on any atom is -0.497 e. The van der Waals surface area contributed by atoms with Gasteiger partial charge in [0.15, 0.2) is 0 Å². The van der Waals surface area contributed by atoms with Crippen molar-refractivity contribution in [3.05, 3.63) is 59.1 Å². The van der Waals surface area contributed by atoms with Gasteiger partial charge in [-0.1, -0.05) is 17.3 Å². The van der Waals surface area contributed by atoms with Crippen molar-refractivity contribution in [2.75, 3.05) is 13.7 Å². The van der Waals surface area contributed by atoms with Crippen molar-refractivity contribution >= 4 is 33.7 Å². The van der Waals surface area contributed by atoms with Gasteiger partial charge in [-0.2, -0.15) is 0 Å². The summed E-state index contributed by atoms with van der Waals surface area (Å²) in [7, 11) is 1.60. The Kier molecular flexibility index (Phi) is 5.58. The van der Waals surface area contributed by atoms with E-state index in [4.69, 9.17) is 14.3 Å². The highest BCUT2D eigenvalue weighted by molar-refractivity contribution is 7.18. The fraction of sp³-hybridized carbons (Fsp3) is 0.167. The highest BCUT2D eigenvalue weighted by Gasteiger charge is 2.07. The zero-order valence-corrected chi connectivity index (χ0v) is 14.4. The van der Waals surface area contributed by atoms with E-state index in [9.17, 15) is 4.79 Å². The number of hydrogen-bond donors (Lipinski definition) is 0. The molecule has 0 saturated carbocycles. The number of carbonyl (C=O) groups excluding carboxylic acids is 1. The Morgan fingerprint density at radius 3 is 2.76 bits per heavy atom. The van der Waals surface area contributed by atoms with E-state index in [0.717, 1.165) is 26.5 Å². The molecule has 0 N–H and O–H groups in total. The van der Waals surface area contributed by atoms with E-state index in [1.807, 2.05) is 48.5 Å². The first-order valence-corrected chi connectivity index (χ1v) is 8.36. The Bertz CT molecular complexity index is 841. The highest BCUT2D eigenvalue weighted by atomic mass is 32.1. The van der Waals surface area contributed by atoms with E-state index in [2.05, 4.69) is 10.1 Å². The normalized spacial score (nSPS) is 10.9. The van der Waals surface area contributed by atoms with Crippen molar-refractivity contribution < 1.29 is 19.1 Å². The van der Waals surface area contributed by atoms with E-state index in [1.54, 1.807) is 7.11 Å². The number of benzene rings is 2. The van der Waals surface area contributed by atoms with Crippen LogP contribution < -0.4 is 4.74 Å². The number of aromatic nitrogens is 1. The summed E-state index contributed by atoms with van der Waals surface area (Å²) in [6, 6.07) is 15.1. The molecular weight excluding hydrogens is 340 g/mol. The van der Waals surface area contributed by atoms with Crippen LogP contribution in [0, 0.1) is 0 Å². The van der Waals surface area contributed by atoms with Crippen LogP contribution in [-0.2, 0) is 21.0 Å². The highest BCUT2D eigenvalue weighted by Crippen LogP contribution is 2.21. The Labute approximate surface area is 148 Å². The molecule has 25 heavy (non-hydrogen) atoms. The number of thiazole rings is 1. The summed E-state index contributed by atoms with van der Waals surface area (Å²) in [5.41, 5.74) is 1.74. The number of nitrogens with zero attached hydrogens (tertiary/aromatic N) is 2. The van der Waals surface area contributed by atoms with Crippen LogP contribution in [0.3, 0.4) is 0 Å². The lowest BCUT2D eigenvalue weighted by molar-refractivity contribution is -0.150. The zero-order valence-electron chi connectivity index (χ0n) is 13.5. The lowest BCUT2D eigenvalue weighted by Crippen LogP contribution is -2.10. The molecule has 0 aliphatic rings. The van der Waals surface area contributed by atoms with Gasteiger partial charge in [0.05, 0.1) is 23.5 Å². The van der Waals surface area contributed by atoms with Crippen LogP contribution in [0.4, 0.5) is 0 Å². The molecule has 0 amide bonds. The molecule has 0 aliphatic heterocycles. The molecule has 0 radical (unpaired) electrons. The van der Waals surface area contributed by atoms with Crippen molar-refractivity contribution in [3.63, 3.8) is 0 Å². The molecule has 0 unspecified atom stereocenters. The standard InChI is InChI=1S/C18H16N2O4S/c1-22-14-8-6-13(7-9-14)10-19-24-12-18(21)23-11-17-20-15-4-2-3-5-16(15)25-17/h2-10H,11-12H2,1H3/b19-10-. The second-order valence-corrected chi connectivity index (χ2v) is 6.13. The third-order valence-electron chi connectivity index (χ3n) is 3.27. The maximum Gasteiger partial charge on any atom is 0.347 e. The summed E-state index contributed by atoms with van der Waals surface area (Å²) in [4.78, 5) is 21.0. The summed E-state index contributed by atoms with van der Waals surface area (Å²) in [6.45, 7) is -0.124. The van der Waals surface area contributed by atoms with Crippen molar-refractivity contribution in [1.29, 1.82) is 0 Å². The first-order chi connectivity index (χ1) is 12.2. The number of methoxy groups -OCH3 is 1. The number of rotatable bonds is 7. The number of fused-ring (bicyclic) bond motifs is 1. The van der Waals surface area contributed by atoms with Gasteiger partial charge >= 0.3 is 5.97 Å². The van der Waals surface area contributed by atoms with Crippen LogP contribution in [0.2, 0.25) is 0 Å². The second kappa shape index (κ2) is 8.25. The average Bonchev–Trinajstić information content (AvgIpc) is 3.07. The molecule has 1 aromatic heterocycles. The van der Waals surface area contributed by atoms with Gasteiger partial charge in [0, 0.05) is 0 Å². The first kappa shape index (κ1) is 16.9. The second-order valence-electron chi connectivity index (χ2n) is 5.02. The third-order valence-corrected chi connectivity index (χ3v) is 4.28. The lowest BCUT2D eigenvalue weighted by atomic mass is 10.2. The Morgan fingerprint density at radius 1 is 1.20 bits per heavy atom. The molecule has 1 heterocycles. The molecule has 0 fully saturated rings. The Hall–Kier alpha value is -2.93. The summed E-state index contributed by atoms with van der Waals surface area (Å²) in [5.74, 6) is 0.266. The smallest absolute Gasteiger partial charge is 0.347 e. The number of oxime groups is 1. The molecule has 0 atom stereocenters. The van der Waals surface area contributed by atoms with Crippen LogP contribution >= 0.6 is 11.3 Å². The van der Waals surface area contributed by atoms with Gasteiger partial charge in [-0.15, -0.1) is 11.3 Å². The van der Waals surface area contributed by atoms with E-state index in [1.165, 1.54) is 17.6 Å². The van der Waals surface area contributed by atoms with Crippen LogP contribution in [0.5, 0.6) is 5.75 Å². The molecule has 0 spiro atoms. The van der Waals surface area contributed by atoms with Gasteiger partial charge < -0.3 is 14.3 Å². The van der Waals surface area contributed by atoms with E-state index < -0.39 is 5.97 Å². The van der Waals surface area contributed by atoms with E-state index in [0.29, 0.717) is 0 Å². The summed E-state index contributed by atoms with van der Waals surface area (Å²) in [5, 5.41) is 4.49. The SMILES string of the molecule is COc1ccc(/C=N\OCC(=O)OCc2nc3ccccc3s2)cc1. The molecule has 0 saturated heterocycles. The maximum atomic E-state index is 11.7. The van der Waals surface area contributed by atoms with Crippen LogP contribution in [0.25, 0.3) is 10.2 Å². The number of esters is 1. The molecule has 3 aromatic rings. The van der Waals surface area contributed by atoms with E-state index in [-0.39, 0.29) is 13.2 Å². The van der Waals surface area contributed by atoms with Crippen molar-refractivity contribution in [3.8, 4) is 5.75 Å². The third kappa shape index (κ3) is 4.77. The number of para-hydroxylation sites is 1. The van der Waals surface area contributed by atoms with Crippen LogP contribution in [0.15, 0.2) is 53.7 Å². The zero-order chi connectivity index (χ0) is 17.5. The van der Waals surface area contributed by atoms with Gasteiger partial charge in [-0.25, -0.2) is 9.78 Å². The predicted molar refractivity (Wildman–Crippen MR) is 96.0 cm³/mol. The maximum absolute atomic E-state index is 11.7. The quantitative estimate of drug-likeness (QED) is 0.369. The Balaban J connectivity index is 1.42. The molecule has 0 aliphatic carbocycles. The molecule has 2 aromatic carbocycles. The number of carbonyl (C=O) groups is 1. The molecule has 0 bridgehead atoms. The summed E-state index contributed by atoms with van der Waals surface area (Å²) in [6.07, 6.45) is 1.51. The fourth-order valence-corrected chi connectivity index (χ4v) is 2.92. The van der Waals surface area contributed by atoms with Gasteiger partial charge in [0.25, 0.3) is 0 Å². The molecular formula is C18H16N2O4S. The average molecular weight is 356 g/mol. The largest absolute Gasteiger partial charge is 0.497 e. The topological polar surface area (TPSA) is 70.0 Å². The first-order valence-electron chi connectivity index (χ1n) is 7.54. The molecule has 6 nitrogen and oxygen atoms in total. The Morgan fingerprint density at radius 2 is 2.00 bits per heavy atom. The molecule has 128 valence electrons. The van der Waals surface area contributed by atoms with E-state index >= 15 is 0 Å². The monoisotopic (exact) mass is 356 g/mol. The van der Waals surface area contributed by atoms with Crippen molar-refractivity contribution in [2.45, 2.75) is 6.61 Å². The van der Waals surface area contributed by atoms with Crippen LogP contribution in [-0.4, -0.2) is 30.9 Å². The van der Waals surface area contributed by atoms with Gasteiger partial charge in [-0.3, -0.25) is 0 Å². The van der Waals surface area contributed by atoms with Gasteiger partial charge in [0.2, 0.25) is 6.61 Å². The minimum atomic E-state index is -0.494. The molecule has 7 heteroatoms. The number of ether oxygens (including phenoxy) is 2. The van der Waals surface area contributed by atoms with Gasteiger partial charge in [0.1, 0.15) is 17.4 Å². The van der Waals surface area contributed by atoms with Gasteiger partial charge in [-0.05, 0) is 42.0 Å².